The largest absolute Gasteiger partial charge is 0.441 e. The Morgan fingerprint density at radius 2 is 1.56 bits per heavy atom. The molecule has 32 heavy (non-hydrogen) atoms. The van der Waals surface area contributed by atoms with Crippen molar-refractivity contribution in [3.05, 3.63) is 91.0 Å². The van der Waals surface area contributed by atoms with Gasteiger partial charge in [0.05, 0.1) is 12.1 Å². The van der Waals surface area contributed by atoms with Crippen LogP contribution in [0.2, 0.25) is 10.0 Å². The number of nitrogens with zero attached hydrogens (tertiary/aromatic N) is 3. The normalized spacial score (nSPS) is 11.2. The van der Waals surface area contributed by atoms with E-state index in [2.05, 4.69) is 0 Å². The summed E-state index contributed by atoms with van der Waals surface area (Å²) in [5.74, 6) is 0.949. The van der Waals surface area contributed by atoms with Crippen LogP contribution in [0, 0.1) is 0 Å². The van der Waals surface area contributed by atoms with Crippen LogP contribution in [0.1, 0.15) is 12.0 Å². The number of fused-ring (bicyclic) bond motifs is 1. The lowest BCUT2D eigenvalue weighted by Crippen LogP contribution is -2.39. The van der Waals surface area contributed by atoms with Crippen LogP contribution in [0.3, 0.4) is 0 Å². The van der Waals surface area contributed by atoms with Crippen molar-refractivity contribution in [2.45, 2.75) is 19.5 Å². The Morgan fingerprint density at radius 3 is 2.19 bits per heavy atom. The van der Waals surface area contributed by atoms with Crippen molar-refractivity contribution in [1.82, 2.24) is 13.7 Å². The molecule has 0 amide bonds. The lowest BCUT2D eigenvalue weighted by Gasteiger charge is -2.13. The summed E-state index contributed by atoms with van der Waals surface area (Å²) in [4.78, 5) is 26.1. The van der Waals surface area contributed by atoms with Crippen molar-refractivity contribution in [1.29, 1.82) is 0 Å². The number of aliphatic hydroxyl groups excluding tert-OH is 1. The van der Waals surface area contributed by atoms with Gasteiger partial charge in [0, 0.05) is 36.3 Å². The molecule has 7 nitrogen and oxygen atoms in total. The topological polar surface area (TPSA) is 78.4 Å². The fraction of sp³-hybridized carbons (Fsp3) is 0.217. The second-order valence-corrected chi connectivity index (χ2v) is 8.23. The molecule has 0 aliphatic rings. The van der Waals surface area contributed by atoms with Gasteiger partial charge < -0.3 is 14.4 Å². The number of aliphatic hydroxyl groups is 1. The third kappa shape index (κ3) is 4.32. The highest BCUT2D eigenvalue weighted by Gasteiger charge is 2.20. The molecule has 0 spiro atoms. The third-order valence-corrected chi connectivity index (χ3v) is 5.70. The SMILES string of the molecule is Cn1c(=O)n(CCCO)c(=O)c2c1cc(Oc1ccc(Cl)cc1)n2Cc1ccc(Cl)cc1. The summed E-state index contributed by atoms with van der Waals surface area (Å²) in [5, 5.41) is 10.4. The molecule has 0 unspecified atom stereocenters. The molecule has 0 radical (unpaired) electrons. The predicted octanol–water partition coefficient (Wildman–Crippen LogP) is 4.03. The average Bonchev–Trinajstić information content (AvgIpc) is 3.13. The number of ether oxygens (including phenoxy) is 1. The van der Waals surface area contributed by atoms with Crippen LogP contribution in [0.4, 0.5) is 0 Å². The quantitative estimate of drug-likeness (QED) is 0.439. The van der Waals surface area contributed by atoms with Gasteiger partial charge >= 0.3 is 5.69 Å². The van der Waals surface area contributed by atoms with Crippen LogP contribution in [0.25, 0.3) is 11.0 Å². The Hall–Kier alpha value is -3.00. The summed E-state index contributed by atoms with van der Waals surface area (Å²) in [6.45, 7) is 0.332. The molecular weight excluding hydrogens is 453 g/mol. The Balaban J connectivity index is 1.92. The highest BCUT2D eigenvalue weighted by Crippen LogP contribution is 2.29. The van der Waals surface area contributed by atoms with E-state index in [4.69, 9.17) is 27.9 Å². The molecule has 0 aliphatic carbocycles. The number of aromatic nitrogens is 3. The number of aryl methyl sites for hydroxylation is 1. The minimum atomic E-state index is -0.447. The smallest absolute Gasteiger partial charge is 0.331 e. The van der Waals surface area contributed by atoms with E-state index in [-0.39, 0.29) is 13.2 Å². The lowest BCUT2D eigenvalue weighted by molar-refractivity contribution is 0.277. The van der Waals surface area contributed by atoms with Crippen molar-refractivity contribution in [3.63, 3.8) is 0 Å². The first kappa shape index (κ1) is 22.2. The standard InChI is InChI=1S/C23H21Cl2N3O4/c1-26-19-13-20(32-18-9-7-17(25)8-10-18)28(14-15-3-5-16(24)6-4-15)21(19)22(30)27(23(26)31)11-2-12-29/h3-10,13,29H,2,11-12,14H2,1H3. The molecular formula is C23H21Cl2N3O4. The van der Waals surface area contributed by atoms with E-state index >= 15 is 0 Å². The Kier molecular flexibility index (Phi) is 6.41. The van der Waals surface area contributed by atoms with Crippen LogP contribution in [-0.4, -0.2) is 25.4 Å². The van der Waals surface area contributed by atoms with Gasteiger partial charge in [0.2, 0.25) is 5.88 Å². The second-order valence-electron chi connectivity index (χ2n) is 7.36. The van der Waals surface area contributed by atoms with Crippen molar-refractivity contribution in [2.75, 3.05) is 6.61 Å². The minimum Gasteiger partial charge on any atom is -0.441 e. The summed E-state index contributed by atoms with van der Waals surface area (Å²) >= 11 is 12.0. The van der Waals surface area contributed by atoms with Crippen molar-refractivity contribution in [2.24, 2.45) is 7.05 Å². The zero-order valence-corrected chi connectivity index (χ0v) is 18.8. The number of hydrogen-bond donors (Lipinski definition) is 1. The number of benzene rings is 2. The van der Waals surface area contributed by atoms with E-state index < -0.39 is 11.2 Å². The van der Waals surface area contributed by atoms with Gasteiger partial charge in [0.15, 0.2) is 0 Å². The van der Waals surface area contributed by atoms with Gasteiger partial charge in [-0.2, -0.15) is 0 Å². The predicted molar refractivity (Wildman–Crippen MR) is 125 cm³/mol. The maximum absolute atomic E-state index is 13.3. The first-order valence-corrected chi connectivity index (χ1v) is 10.8. The molecule has 166 valence electrons. The molecule has 0 fully saturated rings. The summed E-state index contributed by atoms with van der Waals surface area (Å²) in [6, 6.07) is 15.8. The monoisotopic (exact) mass is 473 g/mol. The van der Waals surface area contributed by atoms with Crippen LogP contribution in [0.5, 0.6) is 11.6 Å². The molecule has 0 aliphatic heterocycles. The van der Waals surface area contributed by atoms with E-state index in [0.717, 1.165) is 10.1 Å². The fourth-order valence-corrected chi connectivity index (χ4v) is 3.81. The molecule has 0 atom stereocenters. The van der Waals surface area contributed by atoms with E-state index in [9.17, 15) is 14.7 Å². The van der Waals surface area contributed by atoms with E-state index in [0.29, 0.717) is 45.7 Å². The van der Waals surface area contributed by atoms with Gasteiger partial charge in [0.1, 0.15) is 11.3 Å². The van der Waals surface area contributed by atoms with Crippen molar-refractivity contribution in [3.8, 4) is 11.6 Å². The molecule has 2 aromatic heterocycles. The van der Waals surface area contributed by atoms with Crippen LogP contribution in [0.15, 0.2) is 64.2 Å². The first-order chi connectivity index (χ1) is 15.4. The van der Waals surface area contributed by atoms with Gasteiger partial charge in [-0.1, -0.05) is 35.3 Å². The Bertz CT molecular complexity index is 1370. The molecule has 1 N–H and O–H groups in total. The molecule has 9 heteroatoms. The zero-order valence-electron chi connectivity index (χ0n) is 17.3. The first-order valence-electron chi connectivity index (χ1n) is 10.0. The summed E-state index contributed by atoms with van der Waals surface area (Å²) < 4.78 is 10.4. The molecule has 2 heterocycles. The van der Waals surface area contributed by atoms with E-state index in [1.165, 1.54) is 4.57 Å². The molecule has 4 aromatic rings. The summed E-state index contributed by atoms with van der Waals surface area (Å²) in [5.41, 5.74) is 0.819. The molecule has 0 bridgehead atoms. The maximum Gasteiger partial charge on any atom is 0.331 e. The number of hydrogen-bond acceptors (Lipinski definition) is 4. The number of rotatable bonds is 7. The van der Waals surface area contributed by atoms with Crippen LogP contribution in [-0.2, 0) is 20.1 Å². The maximum atomic E-state index is 13.3. The van der Waals surface area contributed by atoms with Gasteiger partial charge in [0.25, 0.3) is 5.56 Å². The molecule has 4 rings (SSSR count). The van der Waals surface area contributed by atoms with Crippen molar-refractivity contribution >= 4 is 34.2 Å². The van der Waals surface area contributed by atoms with Gasteiger partial charge in [-0.25, -0.2) is 4.79 Å². The Morgan fingerprint density at radius 1 is 0.938 bits per heavy atom. The van der Waals surface area contributed by atoms with Crippen LogP contribution < -0.4 is 16.0 Å². The van der Waals surface area contributed by atoms with E-state index in [1.807, 2.05) is 12.1 Å². The average molecular weight is 474 g/mol. The lowest BCUT2D eigenvalue weighted by atomic mass is 10.2. The Labute approximate surface area is 193 Å². The van der Waals surface area contributed by atoms with Crippen LogP contribution >= 0.6 is 23.2 Å². The molecule has 2 aromatic carbocycles. The molecule has 0 saturated heterocycles. The summed E-state index contributed by atoms with van der Waals surface area (Å²) in [6.07, 6.45) is 0.298. The van der Waals surface area contributed by atoms with E-state index in [1.54, 1.807) is 54.1 Å². The minimum absolute atomic E-state index is 0.121. The summed E-state index contributed by atoms with van der Waals surface area (Å²) in [7, 11) is 1.61. The van der Waals surface area contributed by atoms with Gasteiger partial charge in [-0.05, 0) is 48.4 Å². The fourth-order valence-electron chi connectivity index (χ4n) is 3.55. The second kappa shape index (κ2) is 9.24. The third-order valence-electron chi connectivity index (χ3n) is 5.20. The van der Waals surface area contributed by atoms with Crippen molar-refractivity contribution < 1.29 is 9.84 Å². The zero-order chi connectivity index (χ0) is 22.8. The number of halogens is 2. The van der Waals surface area contributed by atoms with Gasteiger partial charge in [-0.3, -0.25) is 13.9 Å². The highest BCUT2D eigenvalue weighted by atomic mass is 35.5. The highest BCUT2D eigenvalue weighted by molar-refractivity contribution is 6.30. The van der Waals surface area contributed by atoms with Gasteiger partial charge in [-0.15, -0.1) is 0 Å². The molecule has 0 saturated carbocycles.